The normalized spacial score (nSPS) is 10.6. The molecule has 0 aromatic heterocycles. The molecule has 0 spiro atoms. The molecular weight excluding hydrogens is 290 g/mol. The van der Waals surface area contributed by atoms with E-state index in [1.165, 1.54) is 36.8 Å². The number of unbranched alkanes of at least 4 members (excludes halogenated alkanes) is 3. The van der Waals surface area contributed by atoms with E-state index < -0.39 is 6.08 Å². The van der Waals surface area contributed by atoms with Crippen molar-refractivity contribution in [3.8, 4) is 11.1 Å². The van der Waals surface area contributed by atoms with Crippen molar-refractivity contribution in [1.82, 2.24) is 0 Å². The van der Waals surface area contributed by atoms with Gasteiger partial charge in [-0.3, -0.25) is 0 Å². The second kappa shape index (κ2) is 9.24. The maximum Gasteiger partial charge on any atom is 0.266 e. The van der Waals surface area contributed by atoms with Crippen LogP contribution in [0.2, 0.25) is 0 Å². The van der Waals surface area contributed by atoms with Crippen LogP contribution in [0.4, 0.5) is 8.78 Å². The van der Waals surface area contributed by atoms with E-state index >= 15 is 0 Å². The zero-order valence-electron chi connectivity index (χ0n) is 13.7. The van der Waals surface area contributed by atoms with E-state index in [0.717, 1.165) is 23.6 Å². The van der Waals surface area contributed by atoms with Crippen LogP contribution in [0.3, 0.4) is 0 Å². The molecule has 2 aromatic rings. The predicted molar refractivity (Wildman–Crippen MR) is 93.7 cm³/mol. The highest BCUT2D eigenvalue weighted by Crippen LogP contribution is 2.21. The lowest BCUT2D eigenvalue weighted by molar-refractivity contribution is 0.418. The molecule has 0 bridgehead atoms. The fourth-order valence-corrected chi connectivity index (χ4v) is 2.65. The Morgan fingerprint density at radius 2 is 1.35 bits per heavy atom. The number of aryl methyl sites for hydroxylation is 1. The summed E-state index contributed by atoms with van der Waals surface area (Å²) in [5, 5.41) is 0. The van der Waals surface area contributed by atoms with Crippen molar-refractivity contribution in [3.63, 3.8) is 0 Å². The third-order valence-corrected chi connectivity index (χ3v) is 4.05. The Hall–Kier alpha value is -1.96. The molecule has 0 aliphatic carbocycles. The van der Waals surface area contributed by atoms with Gasteiger partial charge in [0.2, 0.25) is 0 Å². The molecule has 0 heterocycles. The summed E-state index contributed by atoms with van der Waals surface area (Å²) < 4.78 is 24.2. The zero-order chi connectivity index (χ0) is 16.5. The average molecular weight is 314 g/mol. The van der Waals surface area contributed by atoms with Crippen LogP contribution in [0, 0.1) is 0 Å². The van der Waals surface area contributed by atoms with Crippen LogP contribution >= 0.6 is 0 Å². The van der Waals surface area contributed by atoms with Gasteiger partial charge in [-0.05, 0) is 47.6 Å². The van der Waals surface area contributed by atoms with Gasteiger partial charge in [-0.25, -0.2) is 0 Å². The maximum atomic E-state index is 12.1. The van der Waals surface area contributed by atoms with Gasteiger partial charge in [0, 0.05) is 0 Å². The Balaban J connectivity index is 1.95. The number of hydrogen-bond acceptors (Lipinski definition) is 0. The molecule has 23 heavy (non-hydrogen) atoms. The van der Waals surface area contributed by atoms with Gasteiger partial charge < -0.3 is 0 Å². The molecule has 0 atom stereocenters. The summed E-state index contributed by atoms with van der Waals surface area (Å²) in [4.78, 5) is 0. The summed E-state index contributed by atoms with van der Waals surface area (Å²) in [5.41, 5.74) is 4.57. The quantitative estimate of drug-likeness (QED) is 0.470. The molecule has 0 amide bonds. The van der Waals surface area contributed by atoms with Crippen molar-refractivity contribution in [2.24, 2.45) is 0 Å². The average Bonchev–Trinajstić information content (AvgIpc) is 2.58. The molecule has 0 radical (unpaired) electrons. The van der Waals surface area contributed by atoms with Crippen molar-refractivity contribution in [3.05, 3.63) is 71.8 Å². The first kappa shape index (κ1) is 17.4. The van der Waals surface area contributed by atoms with E-state index in [9.17, 15) is 8.78 Å². The van der Waals surface area contributed by atoms with Crippen molar-refractivity contribution in [2.75, 3.05) is 0 Å². The largest absolute Gasteiger partial charge is 0.266 e. The molecule has 122 valence electrons. The van der Waals surface area contributed by atoms with Crippen LogP contribution in [0.25, 0.3) is 11.1 Å². The Kier molecular flexibility index (Phi) is 6.99. The molecule has 0 nitrogen and oxygen atoms in total. The first-order chi connectivity index (χ1) is 11.2. The summed E-state index contributed by atoms with van der Waals surface area (Å²) in [5.74, 6) is 0. The predicted octanol–water partition coefficient (Wildman–Crippen LogP) is 6.80. The standard InChI is InChI=1S/C21H24F2/c1-2-3-4-5-6-17-7-12-19(13-8-17)20-14-9-18(10-15-20)11-16-21(22)23/h7-10,12-16H,2-6,11H2,1H3. The summed E-state index contributed by atoms with van der Waals surface area (Å²) in [6.07, 6.45) is 5.87. The Morgan fingerprint density at radius 3 is 1.87 bits per heavy atom. The fraction of sp³-hybridized carbons (Fsp3) is 0.333. The zero-order valence-corrected chi connectivity index (χ0v) is 13.7. The van der Waals surface area contributed by atoms with Crippen molar-refractivity contribution in [2.45, 2.75) is 45.4 Å². The van der Waals surface area contributed by atoms with Crippen LogP contribution < -0.4 is 0 Å². The summed E-state index contributed by atoms with van der Waals surface area (Å²) in [7, 11) is 0. The lowest BCUT2D eigenvalue weighted by atomic mass is 10.00. The number of rotatable bonds is 8. The molecular formula is C21H24F2. The number of halogens is 2. The van der Waals surface area contributed by atoms with E-state index in [0.29, 0.717) is 0 Å². The van der Waals surface area contributed by atoms with E-state index in [4.69, 9.17) is 0 Å². The van der Waals surface area contributed by atoms with Gasteiger partial charge in [0.25, 0.3) is 6.08 Å². The lowest BCUT2D eigenvalue weighted by Crippen LogP contribution is -1.87. The van der Waals surface area contributed by atoms with Crippen molar-refractivity contribution < 1.29 is 8.78 Å². The highest BCUT2D eigenvalue weighted by molar-refractivity contribution is 5.64. The summed E-state index contributed by atoms with van der Waals surface area (Å²) in [6, 6.07) is 16.5. The smallest absolute Gasteiger partial charge is 0.174 e. The highest BCUT2D eigenvalue weighted by Gasteiger charge is 2.00. The molecule has 0 saturated carbocycles. The maximum absolute atomic E-state index is 12.1. The number of allylic oxidation sites excluding steroid dienone is 1. The van der Waals surface area contributed by atoms with Crippen LogP contribution in [-0.4, -0.2) is 0 Å². The van der Waals surface area contributed by atoms with Crippen LogP contribution in [-0.2, 0) is 12.8 Å². The molecule has 0 aliphatic heterocycles. The minimum atomic E-state index is -1.62. The molecule has 0 unspecified atom stereocenters. The molecule has 0 fully saturated rings. The van der Waals surface area contributed by atoms with Gasteiger partial charge >= 0.3 is 0 Å². The Bertz CT molecular complexity index is 605. The second-order valence-corrected chi connectivity index (χ2v) is 5.90. The Morgan fingerprint density at radius 1 is 0.783 bits per heavy atom. The molecule has 0 N–H and O–H groups in total. The summed E-state index contributed by atoms with van der Waals surface area (Å²) >= 11 is 0. The van der Waals surface area contributed by atoms with Gasteiger partial charge in [0.15, 0.2) is 0 Å². The van der Waals surface area contributed by atoms with Crippen molar-refractivity contribution >= 4 is 0 Å². The van der Waals surface area contributed by atoms with Crippen molar-refractivity contribution in [1.29, 1.82) is 0 Å². The lowest BCUT2D eigenvalue weighted by Gasteiger charge is -2.06. The minimum absolute atomic E-state index is 0.277. The van der Waals surface area contributed by atoms with Gasteiger partial charge in [0.1, 0.15) is 0 Å². The first-order valence-corrected chi connectivity index (χ1v) is 8.38. The monoisotopic (exact) mass is 314 g/mol. The first-order valence-electron chi connectivity index (χ1n) is 8.38. The van der Waals surface area contributed by atoms with Gasteiger partial charge in [-0.2, -0.15) is 8.78 Å². The fourth-order valence-electron chi connectivity index (χ4n) is 2.65. The second-order valence-electron chi connectivity index (χ2n) is 5.90. The third-order valence-electron chi connectivity index (χ3n) is 4.05. The third kappa shape index (κ3) is 5.97. The molecule has 0 saturated heterocycles. The topological polar surface area (TPSA) is 0 Å². The van der Waals surface area contributed by atoms with E-state index in [1.54, 1.807) is 0 Å². The van der Waals surface area contributed by atoms with Gasteiger partial charge in [-0.1, -0.05) is 74.7 Å². The van der Waals surface area contributed by atoms with Gasteiger partial charge in [-0.15, -0.1) is 0 Å². The Labute approximate surface area is 137 Å². The van der Waals surface area contributed by atoms with Crippen LogP contribution in [0.5, 0.6) is 0 Å². The molecule has 2 aromatic carbocycles. The van der Waals surface area contributed by atoms with Crippen LogP contribution in [0.1, 0.15) is 43.7 Å². The molecule has 0 aliphatic rings. The summed E-state index contributed by atoms with van der Waals surface area (Å²) in [6.45, 7) is 2.23. The molecule has 2 heteroatoms. The van der Waals surface area contributed by atoms with E-state index in [2.05, 4.69) is 31.2 Å². The van der Waals surface area contributed by atoms with E-state index in [-0.39, 0.29) is 6.42 Å². The highest BCUT2D eigenvalue weighted by atomic mass is 19.3. The van der Waals surface area contributed by atoms with E-state index in [1.807, 2.05) is 24.3 Å². The van der Waals surface area contributed by atoms with Crippen LogP contribution in [0.15, 0.2) is 60.7 Å². The molecule has 2 rings (SSSR count). The number of hydrogen-bond donors (Lipinski definition) is 0. The SMILES string of the molecule is CCCCCCc1ccc(-c2ccc(CC=C(F)F)cc2)cc1. The minimum Gasteiger partial charge on any atom is -0.174 e. The number of benzene rings is 2. The van der Waals surface area contributed by atoms with Gasteiger partial charge in [0.05, 0.1) is 0 Å².